The summed E-state index contributed by atoms with van der Waals surface area (Å²) >= 11 is 5.33. The molecule has 4 nitrogen and oxygen atoms in total. The van der Waals surface area contributed by atoms with E-state index in [9.17, 15) is 9.59 Å². The lowest BCUT2D eigenvalue weighted by molar-refractivity contribution is -0.116. The Kier molecular flexibility index (Phi) is 5.08. The Morgan fingerprint density at radius 1 is 1.40 bits per heavy atom. The number of ether oxygens (including phenoxy) is 1. The molecule has 0 aromatic heterocycles. The van der Waals surface area contributed by atoms with E-state index in [0.717, 1.165) is 0 Å². The third-order valence-electron chi connectivity index (χ3n) is 1.76. The first-order chi connectivity index (χ1) is 6.69. The predicted octanol–water partition coefficient (Wildman–Crippen LogP) is 2.40. The molecule has 1 amide bonds. The third kappa shape index (κ3) is 5.02. The van der Waals surface area contributed by atoms with Crippen LogP contribution < -0.4 is 0 Å². The molecule has 0 aromatic carbocycles. The molecular weight excluding hydrogens is 218 g/mol. The summed E-state index contributed by atoms with van der Waals surface area (Å²) in [5, 5.41) is -0.567. The average molecular weight is 236 g/mol. The van der Waals surface area contributed by atoms with Gasteiger partial charge < -0.3 is 4.74 Å². The van der Waals surface area contributed by atoms with Crippen molar-refractivity contribution < 1.29 is 14.3 Å². The standard InChI is InChI=1S/C10H18ClNO3/c1-6-12(7(2)8(11)13)9(14)15-10(3,4)5/h7H,6H2,1-5H3/t7-/m1/s1. The lowest BCUT2D eigenvalue weighted by atomic mass is 10.2. The largest absolute Gasteiger partial charge is 0.444 e. The van der Waals surface area contributed by atoms with Gasteiger partial charge in [-0.15, -0.1) is 0 Å². The van der Waals surface area contributed by atoms with Crippen LogP contribution in [0.3, 0.4) is 0 Å². The second-order valence-corrected chi connectivity index (χ2v) is 4.62. The van der Waals surface area contributed by atoms with E-state index >= 15 is 0 Å². The molecular formula is C10H18ClNO3. The molecule has 0 radical (unpaired) electrons. The summed E-state index contributed by atoms with van der Waals surface area (Å²) < 4.78 is 5.14. The number of halogens is 1. The number of carbonyl (C=O) groups excluding carboxylic acids is 2. The van der Waals surface area contributed by atoms with Crippen LogP contribution in [0.1, 0.15) is 34.6 Å². The highest BCUT2D eigenvalue weighted by Crippen LogP contribution is 2.12. The zero-order valence-electron chi connectivity index (χ0n) is 9.83. The average Bonchev–Trinajstić information content (AvgIpc) is 2.01. The van der Waals surface area contributed by atoms with Gasteiger partial charge in [-0.2, -0.15) is 0 Å². The molecule has 0 aliphatic heterocycles. The summed E-state index contributed by atoms with van der Waals surface area (Å²) in [5.41, 5.74) is -0.570. The highest BCUT2D eigenvalue weighted by atomic mass is 35.5. The van der Waals surface area contributed by atoms with Crippen LogP contribution in [0.25, 0.3) is 0 Å². The van der Waals surface area contributed by atoms with Crippen molar-refractivity contribution in [1.82, 2.24) is 4.90 Å². The first kappa shape index (κ1) is 14.2. The Bertz CT molecular complexity index is 248. The maximum atomic E-state index is 11.6. The SMILES string of the molecule is CCN(C(=O)OC(C)(C)C)[C@H](C)C(=O)Cl. The van der Waals surface area contributed by atoms with Crippen LogP contribution in [0.4, 0.5) is 4.79 Å². The minimum Gasteiger partial charge on any atom is -0.444 e. The minimum atomic E-state index is -0.661. The highest BCUT2D eigenvalue weighted by molar-refractivity contribution is 6.64. The van der Waals surface area contributed by atoms with E-state index < -0.39 is 23.0 Å². The molecule has 1 atom stereocenters. The Morgan fingerprint density at radius 3 is 2.13 bits per heavy atom. The summed E-state index contributed by atoms with van der Waals surface area (Å²) in [6.07, 6.45) is -0.522. The smallest absolute Gasteiger partial charge is 0.410 e. The lowest BCUT2D eigenvalue weighted by Gasteiger charge is -2.29. The van der Waals surface area contributed by atoms with Crippen molar-refractivity contribution in [2.24, 2.45) is 0 Å². The molecule has 0 unspecified atom stereocenters. The van der Waals surface area contributed by atoms with Gasteiger partial charge in [0.05, 0.1) is 0 Å². The molecule has 15 heavy (non-hydrogen) atoms. The van der Waals surface area contributed by atoms with Gasteiger partial charge >= 0.3 is 6.09 Å². The minimum absolute atomic E-state index is 0.383. The van der Waals surface area contributed by atoms with Gasteiger partial charge in [-0.1, -0.05) is 0 Å². The van der Waals surface area contributed by atoms with Gasteiger partial charge in [-0.3, -0.25) is 9.69 Å². The summed E-state index contributed by atoms with van der Waals surface area (Å²) in [4.78, 5) is 23.9. The van der Waals surface area contributed by atoms with E-state index in [-0.39, 0.29) is 0 Å². The van der Waals surface area contributed by atoms with Gasteiger partial charge in [0.15, 0.2) is 0 Å². The summed E-state index contributed by atoms with van der Waals surface area (Å²) in [6.45, 7) is 9.03. The van der Waals surface area contributed by atoms with Gasteiger partial charge in [0, 0.05) is 6.54 Å². The first-order valence-corrected chi connectivity index (χ1v) is 5.25. The van der Waals surface area contributed by atoms with Crippen LogP contribution in [-0.2, 0) is 9.53 Å². The fourth-order valence-electron chi connectivity index (χ4n) is 1.00. The number of hydrogen-bond donors (Lipinski definition) is 0. The molecule has 0 bridgehead atoms. The predicted molar refractivity (Wildman–Crippen MR) is 58.9 cm³/mol. The van der Waals surface area contributed by atoms with Crippen LogP contribution in [0.5, 0.6) is 0 Å². The second-order valence-electron chi connectivity index (χ2n) is 4.25. The van der Waals surface area contributed by atoms with Crippen molar-refractivity contribution in [2.45, 2.75) is 46.3 Å². The van der Waals surface area contributed by atoms with E-state index in [1.807, 2.05) is 0 Å². The summed E-state index contributed by atoms with van der Waals surface area (Å²) in [6, 6.07) is -0.661. The van der Waals surface area contributed by atoms with E-state index in [2.05, 4.69) is 0 Å². The van der Waals surface area contributed by atoms with E-state index in [4.69, 9.17) is 16.3 Å². The number of amides is 1. The van der Waals surface area contributed by atoms with Gasteiger partial charge in [0.25, 0.3) is 0 Å². The van der Waals surface area contributed by atoms with Crippen molar-refractivity contribution >= 4 is 22.9 Å². The van der Waals surface area contributed by atoms with Gasteiger partial charge in [0.1, 0.15) is 11.6 Å². The molecule has 0 saturated heterocycles. The van der Waals surface area contributed by atoms with E-state index in [0.29, 0.717) is 6.54 Å². The fourth-order valence-corrected chi connectivity index (χ4v) is 1.12. The van der Waals surface area contributed by atoms with Gasteiger partial charge in [-0.05, 0) is 46.2 Å². The number of nitrogens with zero attached hydrogens (tertiary/aromatic N) is 1. The Labute approximate surface area is 95.5 Å². The molecule has 0 heterocycles. The molecule has 0 aliphatic rings. The number of hydrogen-bond acceptors (Lipinski definition) is 3. The van der Waals surface area contributed by atoms with Crippen LogP contribution in [0, 0.1) is 0 Å². The molecule has 0 aromatic rings. The van der Waals surface area contributed by atoms with Crippen LogP contribution in [0.15, 0.2) is 0 Å². The van der Waals surface area contributed by atoms with Crippen LogP contribution in [0.2, 0.25) is 0 Å². The topological polar surface area (TPSA) is 46.6 Å². The third-order valence-corrected chi connectivity index (χ3v) is 2.08. The first-order valence-electron chi connectivity index (χ1n) is 4.88. The second kappa shape index (κ2) is 5.35. The maximum Gasteiger partial charge on any atom is 0.410 e. The summed E-state index contributed by atoms with van der Waals surface area (Å²) in [7, 11) is 0. The van der Waals surface area contributed by atoms with Crippen LogP contribution in [-0.4, -0.2) is 34.4 Å². The number of rotatable bonds is 3. The lowest BCUT2D eigenvalue weighted by Crippen LogP contribution is -2.44. The number of carbonyl (C=O) groups is 2. The normalized spacial score (nSPS) is 13.2. The molecule has 0 N–H and O–H groups in total. The Hall–Kier alpha value is -0.770. The highest BCUT2D eigenvalue weighted by Gasteiger charge is 2.27. The molecule has 5 heteroatoms. The molecule has 0 fully saturated rings. The molecule has 0 spiro atoms. The van der Waals surface area contributed by atoms with Crippen molar-refractivity contribution in [3.05, 3.63) is 0 Å². The van der Waals surface area contributed by atoms with Gasteiger partial charge in [-0.25, -0.2) is 4.79 Å². The van der Waals surface area contributed by atoms with Crippen molar-refractivity contribution in [2.75, 3.05) is 6.54 Å². The Morgan fingerprint density at radius 2 is 1.87 bits per heavy atom. The fraction of sp³-hybridized carbons (Fsp3) is 0.800. The Balaban J connectivity index is 4.55. The zero-order valence-corrected chi connectivity index (χ0v) is 10.6. The number of likely N-dealkylation sites (N-methyl/N-ethyl adjacent to an activating group) is 1. The van der Waals surface area contributed by atoms with E-state index in [1.54, 1.807) is 34.6 Å². The molecule has 0 saturated carbocycles. The van der Waals surface area contributed by atoms with Crippen molar-refractivity contribution in [3.8, 4) is 0 Å². The molecule has 0 aliphatic carbocycles. The van der Waals surface area contributed by atoms with Crippen molar-refractivity contribution in [1.29, 1.82) is 0 Å². The molecule has 88 valence electrons. The maximum absolute atomic E-state index is 11.6. The van der Waals surface area contributed by atoms with Gasteiger partial charge in [0.2, 0.25) is 5.24 Å². The molecule has 0 rings (SSSR count). The quantitative estimate of drug-likeness (QED) is 0.706. The zero-order chi connectivity index (χ0) is 12.2. The van der Waals surface area contributed by atoms with E-state index in [1.165, 1.54) is 4.90 Å². The monoisotopic (exact) mass is 235 g/mol. The summed E-state index contributed by atoms with van der Waals surface area (Å²) in [5.74, 6) is 0. The van der Waals surface area contributed by atoms with Crippen LogP contribution >= 0.6 is 11.6 Å². The van der Waals surface area contributed by atoms with Crippen molar-refractivity contribution in [3.63, 3.8) is 0 Å².